The van der Waals surface area contributed by atoms with Crippen LogP contribution in [-0.4, -0.2) is 24.7 Å². The summed E-state index contributed by atoms with van der Waals surface area (Å²) in [7, 11) is 0. The van der Waals surface area contributed by atoms with Crippen LogP contribution in [0.15, 0.2) is 0 Å². The largest absolute Gasteiger partial charge is 0.461 e. The Bertz CT molecular complexity index is 136. The molecule has 0 aliphatic carbocycles. The Morgan fingerprint density at radius 1 is 1.70 bits per heavy atom. The van der Waals surface area contributed by atoms with E-state index in [0.717, 1.165) is 13.0 Å². The van der Waals surface area contributed by atoms with Crippen molar-refractivity contribution < 1.29 is 9.53 Å². The molecule has 58 valence electrons. The molecule has 1 aliphatic heterocycles. The molecule has 1 N–H and O–H groups in total. The molecule has 3 heteroatoms. The van der Waals surface area contributed by atoms with E-state index in [0.29, 0.717) is 6.04 Å². The Hall–Kier alpha value is -0.570. The average Bonchev–Trinajstić information content (AvgIpc) is 2.13. The van der Waals surface area contributed by atoms with Gasteiger partial charge < -0.3 is 10.1 Å². The van der Waals surface area contributed by atoms with Gasteiger partial charge in [-0.3, -0.25) is 4.79 Å². The smallest absolute Gasteiger partial charge is 0.302 e. The van der Waals surface area contributed by atoms with Gasteiger partial charge in [0.2, 0.25) is 0 Å². The van der Waals surface area contributed by atoms with Gasteiger partial charge in [-0.2, -0.15) is 0 Å². The summed E-state index contributed by atoms with van der Waals surface area (Å²) in [5.74, 6) is -0.180. The van der Waals surface area contributed by atoms with Gasteiger partial charge in [-0.05, 0) is 6.92 Å². The van der Waals surface area contributed by atoms with Crippen LogP contribution >= 0.6 is 0 Å². The summed E-state index contributed by atoms with van der Waals surface area (Å²) >= 11 is 0. The van der Waals surface area contributed by atoms with Crippen LogP contribution < -0.4 is 5.32 Å². The number of esters is 1. The van der Waals surface area contributed by atoms with Crippen molar-refractivity contribution in [2.45, 2.75) is 32.4 Å². The van der Waals surface area contributed by atoms with Crippen molar-refractivity contribution in [1.29, 1.82) is 0 Å². The summed E-state index contributed by atoms with van der Waals surface area (Å²) in [5.41, 5.74) is 0. The maximum atomic E-state index is 10.5. The van der Waals surface area contributed by atoms with Crippen molar-refractivity contribution in [2.24, 2.45) is 0 Å². The zero-order valence-electron chi connectivity index (χ0n) is 6.39. The molecule has 1 heterocycles. The summed E-state index contributed by atoms with van der Waals surface area (Å²) in [6.45, 7) is 4.34. The Kier molecular flexibility index (Phi) is 2.27. The predicted molar refractivity (Wildman–Crippen MR) is 37.6 cm³/mol. The van der Waals surface area contributed by atoms with Crippen LogP contribution in [0.4, 0.5) is 0 Å². The van der Waals surface area contributed by atoms with Crippen LogP contribution in [0.2, 0.25) is 0 Å². The van der Waals surface area contributed by atoms with E-state index in [-0.39, 0.29) is 12.1 Å². The fourth-order valence-corrected chi connectivity index (χ4v) is 1.22. The summed E-state index contributed by atoms with van der Waals surface area (Å²) in [5, 5.41) is 3.20. The van der Waals surface area contributed by atoms with Crippen LogP contribution in [0.3, 0.4) is 0 Å². The first-order chi connectivity index (χ1) is 4.68. The van der Waals surface area contributed by atoms with Crippen molar-refractivity contribution in [3.8, 4) is 0 Å². The first kappa shape index (κ1) is 7.54. The van der Waals surface area contributed by atoms with Gasteiger partial charge in [0, 0.05) is 25.9 Å². The van der Waals surface area contributed by atoms with Gasteiger partial charge in [-0.25, -0.2) is 0 Å². The Morgan fingerprint density at radius 3 is 2.80 bits per heavy atom. The van der Waals surface area contributed by atoms with E-state index in [1.807, 2.05) is 0 Å². The van der Waals surface area contributed by atoms with Gasteiger partial charge in [0.05, 0.1) is 0 Å². The monoisotopic (exact) mass is 143 g/mol. The lowest BCUT2D eigenvalue weighted by Crippen LogP contribution is -2.20. The number of carbonyl (C=O) groups excluding carboxylic acids is 1. The SMILES string of the molecule is CC(=O)O[C@@H]1CN[C@H](C)C1. The highest BCUT2D eigenvalue weighted by Gasteiger charge is 2.22. The van der Waals surface area contributed by atoms with Gasteiger partial charge in [0.25, 0.3) is 0 Å². The summed E-state index contributed by atoms with van der Waals surface area (Å²) in [6, 6.07) is 0.490. The molecular weight excluding hydrogens is 130 g/mol. The second-order valence-corrected chi connectivity index (χ2v) is 2.78. The number of hydrogen-bond donors (Lipinski definition) is 1. The molecule has 0 amide bonds. The van der Waals surface area contributed by atoms with Crippen molar-refractivity contribution in [2.75, 3.05) is 6.54 Å². The number of carbonyl (C=O) groups is 1. The van der Waals surface area contributed by atoms with Crippen molar-refractivity contribution >= 4 is 5.97 Å². The summed E-state index contributed by atoms with van der Waals surface area (Å²) in [6.07, 6.45) is 1.05. The maximum Gasteiger partial charge on any atom is 0.302 e. The van der Waals surface area contributed by atoms with E-state index in [2.05, 4.69) is 12.2 Å². The van der Waals surface area contributed by atoms with Gasteiger partial charge in [-0.1, -0.05) is 0 Å². The minimum atomic E-state index is -0.180. The van der Waals surface area contributed by atoms with Crippen molar-refractivity contribution in [3.05, 3.63) is 0 Å². The van der Waals surface area contributed by atoms with Crippen LogP contribution in [0.1, 0.15) is 20.3 Å². The first-order valence-electron chi connectivity index (χ1n) is 3.59. The van der Waals surface area contributed by atoms with Gasteiger partial charge in [0.15, 0.2) is 0 Å². The van der Waals surface area contributed by atoms with Crippen LogP contribution in [0, 0.1) is 0 Å². The van der Waals surface area contributed by atoms with Crippen molar-refractivity contribution in [1.82, 2.24) is 5.32 Å². The normalized spacial score (nSPS) is 32.2. The van der Waals surface area contributed by atoms with Crippen molar-refractivity contribution in [3.63, 3.8) is 0 Å². The fourth-order valence-electron chi connectivity index (χ4n) is 1.22. The Morgan fingerprint density at radius 2 is 2.40 bits per heavy atom. The first-order valence-corrected chi connectivity index (χ1v) is 3.59. The van der Waals surface area contributed by atoms with Gasteiger partial charge in [-0.15, -0.1) is 0 Å². The van der Waals surface area contributed by atoms with E-state index >= 15 is 0 Å². The fraction of sp³-hybridized carbons (Fsp3) is 0.857. The molecular formula is C7H13NO2. The molecule has 1 saturated heterocycles. The number of hydrogen-bond acceptors (Lipinski definition) is 3. The third-order valence-electron chi connectivity index (χ3n) is 1.64. The van der Waals surface area contributed by atoms with Gasteiger partial charge in [0.1, 0.15) is 6.10 Å². The third kappa shape index (κ3) is 1.99. The summed E-state index contributed by atoms with van der Waals surface area (Å²) in [4.78, 5) is 10.5. The number of nitrogens with one attached hydrogen (secondary N) is 1. The minimum absolute atomic E-state index is 0.104. The molecule has 3 nitrogen and oxygen atoms in total. The zero-order valence-corrected chi connectivity index (χ0v) is 6.39. The van der Waals surface area contributed by atoms with Gasteiger partial charge >= 0.3 is 5.97 Å². The second kappa shape index (κ2) is 3.01. The molecule has 1 rings (SSSR count). The van der Waals surface area contributed by atoms with Crippen LogP contribution in [0.25, 0.3) is 0 Å². The quantitative estimate of drug-likeness (QED) is 0.536. The lowest BCUT2D eigenvalue weighted by molar-refractivity contribution is -0.145. The van der Waals surface area contributed by atoms with Crippen LogP contribution in [0.5, 0.6) is 0 Å². The molecule has 0 spiro atoms. The molecule has 0 aromatic heterocycles. The molecule has 0 bridgehead atoms. The van der Waals surface area contributed by atoms with Crippen LogP contribution in [-0.2, 0) is 9.53 Å². The highest BCUT2D eigenvalue weighted by molar-refractivity contribution is 5.66. The topological polar surface area (TPSA) is 38.3 Å². The maximum absolute atomic E-state index is 10.5. The molecule has 0 saturated carbocycles. The minimum Gasteiger partial charge on any atom is -0.461 e. The zero-order chi connectivity index (χ0) is 7.56. The van der Waals surface area contributed by atoms with E-state index in [1.165, 1.54) is 6.92 Å². The number of rotatable bonds is 1. The predicted octanol–water partition coefficient (Wildman–Crippen LogP) is 0.300. The Balaban J connectivity index is 2.24. The molecule has 1 fully saturated rings. The molecule has 0 aromatic carbocycles. The second-order valence-electron chi connectivity index (χ2n) is 2.78. The lowest BCUT2D eigenvalue weighted by Gasteiger charge is -2.07. The van der Waals surface area contributed by atoms with E-state index in [1.54, 1.807) is 0 Å². The molecule has 0 aromatic rings. The third-order valence-corrected chi connectivity index (χ3v) is 1.64. The molecule has 1 aliphatic rings. The standard InChI is InChI=1S/C7H13NO2/c1-5-3-7(4-8-5)10-6(2)9/h5,7-8H,3-4H2,1-2H3/t5-,7+/m1/s1. The van der Waals surface area contributed by atoms with E-state index in [9.17, 15) is 4.79 Å². The molecule has 10 heavy (non-hydrogen) atoms. The lowest BCUT2D eigenvalue weighted by atomic mass is 10.2. The highest BCUT2D eigenvalue weighted by Crippen LogP contribution is 2.09. The number of ether oxygens (including phenoxy) is 1. The molecule has 0 radical (unpaired) electrons. The Labute approximate surface area is 60.7 Å². The summed E-state index contributed by atoms with van der Waals surface area (Å²) < 4.78 is 4.98. The highest BCUT2D eigenvalue weighted by atomic mass is 16.5. The average molecular weight is 143 g/mol. The van der Waals surface area contributed by atoms with E-state index in [4.69, 9.17) is 4.74 Å². The molecule has 0 unspecified atom stereocenters. The molecule has 2 atom stereocenters. The van der Waals surface area contributed by atoms with E-state index < -0.39 is 0 Å².